The van der Waals surface area contributed by atoms with Crippen molar-refractivity contribution in [3.05, 3.63) is 0 Å². The summed E-state index contributed by atoms with van der Waals surface area (Å²) in [6.45, 7) is 1.89. The molecule has 82 valence electrons. The molecule has 0 fully saturated rings. The first-order valence-corrected chi connectivity index (χ1v) is 4.44. The van der Waals surface area contributed by atoms with Gasteiger partial charge in [-0.25, -0.2) is 0 Å². The fourth-order valence-corrected chi connectivity index (χ4v) is 1.46. The maximum absolute atomic E-state index is 11.0. The minimum Gasteiger partial charge on any atom is -0.369 e. The summed E-state index contributed by atoms with van der Waals surface area (Å²) in [4.78, 5) is 21.9. The molecule has 0 aliphatic rings. The molecule has 0 aliphatic heterocycles. The lowest BCUT2D eigenvalue weighted by atomic mass is 9.82. The van der Waals surface area contributed by atoms with E-state index in [4.69, 9.17) is 22.9 Å². The van der Waals surface area contributed by atoms with Gasteiger partial charge in [0.1, 0.15) is 0 Å². The van der Waals surface area contributed by atoms with Crippen LogP contribution in [-0.2, 0) is 9.59 Å². The van der Waals surface area contributed by atoms with Gasteiger partial charge in [-0.05, 0) is 5.92 Å². The van der Waals surface area contributed by atoms with Crippen LogP contribution in [0.1, 0.15) is 6.92 Å². The third-order valence-electron chi connectivity index (χ3n) is 2.51. The first kappa shape index (κ1) is 12.9. The molecule has 14 heavy (non-hydrogen) atoms. The molecule has 0 saturated carbocycles. The molecule has 0 aliphatic carbocycles. The quantitative estimate of drug-likeness (QED) is 0.386. The third kappa shape index (κ3) is 2.97. The van der Waals surface area contributed by atoms with Crippen molar-refractivity contribution in [3.63, 3.8) is 0 Å². The first-order valence-electron chi connectivity index (χ1n) is 4.44. The van der Waals surface area contributed by atoms with Gasteiger partial charge in [-0.15, -0.1) is 0 Å². The fraction of sp³-hybridized carbons (Fsp3) is 0.750. The molecule has 0 radical (unpaired) electrons. The molecule has 2 amide bonds. The summed E-state index contributed by atoms with van der Waals surface area (Å²) in [6, 6.07) is 0. The first-order chi connectivity index (χ1) is 6.45. The highest BCUT2D eigenvalue weighted by Gasteiger charge is 2.30. The summed E-state index contributed by atoms with van der Waals surface area (Å²) in [5, 5.41) is 0. The van der Waals surface area contributed by atoms with Gasteiger partial charge in [0.25, 0.3) is 0 Å². The van der Waals surface area contributed by atoms with Crippen molar-refractivity contribution < 1.29 is 9.59 Å². The summed E-state index contributed by atoms with van der Waals surface area (Å²) in [5.74, 6) is -2.49. The molecule has 2 unspecified atom stereocenters. The van der Waals surface area contributed by atoms with Crippen LogP contribution >= 0.6 is 0 Å². The Bertz CT molecular complexity index is 197. The van der Waals surface area contributed by atoms with Gasteiger partial charge in [0, 0.05) is 13.1 Å². The Labute approximate surface area is 83.0 Å². The number of hydrogen-bond acceptors (Lipinski definition) is 4. The minimum atomic E-state index is -0.559. The van der Waals surface area contributed by atoms with Crippen LogP contribution < -0.4 is 22.9 Å². The number of hydrogen-bond donors (Lipinski definition) is 4. The van der Waals surface area contributed by atoms with Gasteiger partial charge in [-0.2, -0.15) is 0 Å². The van der Waals surface area contributed by atoms with E-state index < -0.39 is 23.7 Å². The zero-order valence-corrected chi connectivity index (χ0v) is 8.27. The van der Waals surface area contributed by atoms with E-state index in [2.05, 4.69) is 0 Å². The van der Waals surface area contributed by atoms with E-state index >= 15 is 0 Å². The van der Waals surface area contributed by atoms with Gasteiger partial charge in [0.05, 0.1) is 11.8 Å². The van der Waals surface area contributed by atoms with E-state index in [1.807, 2.05) is 0 Å². The van der Waals surface area contributed by atoms with E-state index in [1.165, 1.54) is 0 Å². The van der Waals surface area contributed by atoms with Gasteiger partial charge in [-0.1, -0.05) is 6.92 Å². The Morgan fingerprint density at radius 1 is 1.00 bits per heavy atom. The molecular weight excluding hydrogens is 184 g/mol. The highest BCUT2D eigenvalue weighted by Crippen LogP contribution is 2.19. The summed E-state index contributed by atoms with van der Waals surface area (Å²) in [6.07, 6.45) is 0. The van der Waals surface area contributed by atoms with Gasteiger partial charge >= 0.3 is 0 Å². The summed E-state index contributed by atoms with van der Waals surface area (Å²) >= 11 is 0. The van der Waals surface area contributed by atoms with E-state index in [9.17, 15) is 9.59 Å². The predicted molar refractivity (Wildman–Crippen MR) is 52.6 cm³/mol. The average molecular weight is 202 g/mol. The Morgan fingerprint density at radius 2 is 1.29 bits per heavy atom. The van der Waals surface area contributed by atoms with Crippen molar-refractivity contribution in [1.29, 1.82) is 0 Å². The Hall–Kier alpha value is -1.14. The second-order valence-corrected chi connectivity index (χ2v) is 3.35. The van der Waals surface area contributed by atoms with Crippen molar-refractivity contribution in [3.8, 4) is 0 Å². The van der Waals surface area contributed by atoms with Crippen molar-refractivity contribution in [2.24, 2.45) is 40.7 Å². The van der Waals surface area contributed by atoms with Crippen LogP contribution in [0.5, 0.6) is 0 Å². The topological polar surface area (TPSA) is 138 Å². The molecule has 0 aromatic heterocycles. The molecule has 6 heteroatoms. The molecular formula is C8H18N4O2. The molecule has 0 saturated heterocycles. The standard InChI is InChI=1S/C8H18N4O2/c1-4(5(2-9)7(11)13)6(3-10)8(12)14/h4-6H,2-3,9-10H2,1H3,(H2,11,13)(H2,12,14). The zero-order valence-electron chi connectivity index (χ0n) is 8.27. The Kier molecular flexibility index (Phi) is 5.11. The summed E-state index contributed by atoms with van der Waals surface area (Å²) < 4.78 is 0. The monoisotopic (exact) mass is 202 g/mol. The summed E-state index contributed by atoms with van der Waals surface area (Å²) in [5.41, 5.74) is 21.0. The lowest BCUT2D eigenvalue weighted by Gasteiger charge is -2.25. The zero-order chi connectivity index (χ0) is 11.3. The van der Waals surface area contributed by atoms with Crippen molar-refractivity contribution >= 4 is 11.8 Å². The van der Waals surface area contributed by atoms with Crippen LogP contribution in [0.2, 0.25) is 0 Å². The maximum Gasteiger partial charge on any atom is 0.222 e. The van der Waals surface area contributed by atoms with Gasteiger partial charge < -0.3 is 22.9 Å². The highest BCUT2D eigenvalue weighted by molar-refractivity contribution is 5.81. The third-order valence-corrected chi connectivity index (χ3v) is 2.51. The van der Waals surface area contributed by atoms with E-state index in [0.717, 1.165) is 0 Å². The van der Waals surface area contributed by atoms with Crippen LogP contribution in [0.4, 0.5) is 0 Å². The van der Waals surface area contributed by atoms with Gasteiger partial charge in [-0.3, -0.25) is 9.59 Å². The Morgan fingerprint density at radius 3 is 1.43 bits per heavy atom. The second kappa shape index (κ2) is 5.56. The van der Waals surface area contributed by atoms with Crippen LogP contribution in [0, 0.1) is 17.8 Å². The van der Waals surface area contributed by atoms with E-state index in [1.54, 1.807) is 6.92 Å². The van der Waals surface area contributed by atoms with Crippen molar-refractivity contribution in [1.82, 2.24) is 0 Å². The molecule has 0 rings (SSSR count). The maximum atomic E-state index is 11.0. The van der Waals surface area contributed by atoms with Crippen LogP contribution in [0.15, 0.2) is 0 Å². The van der Waals surface area contributed by atoms with Crippen LogP contribution in [0.25, 0.3) is 0 Å². The molecule has 0 spiro atoms. The molecule has 0 heterocycles. The van der Waals surface area contributed by atoms with Gasteiger partial charge in [0.15, 0.2) is 0 Å². The van der Waals surface area contributed by atoms with E-state index in [0.29, 0.717) is 0 Å². The minimum absolute atomic E-state index is 0.0975. The molecule has 6 nitrogen and oxygen atoms in total. The predicted octanol–water partition coefficient (Wildman–Crippen LogP) is -2.26. The highest BCUT2D eigenvalue weighted by atomic mass is 16.1. The second-order valence-electron chi connectivity index (χ2n) is 3.35. The lowest BCUT2D eigenvalue weighted by Crippen LogP contribution is -2.44. The smallest absolute Gasteiger partial charge is 0.222 e. The van der Waals surface area contributed by atoms with Crippen molar-refractivity contribution in [2.75, 3.05) is 13.1 Å². The molecule has 2 atom stereocenters. The Balaban J connectivity index is 4.61. The molecule has 8 N–H and O–H groups in total. The van der Waals surface area contributed by atoms with Crippen molar-refractivity contribution in [2.45, 2.75) is 6.92 Å². The molecule has 0 aromatic rings. The molecule has 0 aromatic carbocycles. The van der Waals surface area contributed by atoms with E-state index in [-0.39, 0.29) is 19.0 Å². The molecule has 0 bridgehead atoms. The largest absolute Gasteiger partial charge is 0.369 e. The number of carbonyl (C=O) groups excluding carboxylic acids is 2. The SMILES string of the molecule is CC(C(CN)C(N)=O)C(CN)C(N)=O. The number of carbonyl (C=O) groups is 2. The average Bonchev–Trinajstić information content (AvgIpc) is 2.04. The number of rotatable bonds is 6. The van der Waals surface area contributed by atoms with Crippen LogP contribution in [0.3, 0.4) is 0 Å². The van der Waals surface area contributed by atoms with Crippen LogP contribution in [-0.4, -0.2) is 24.9 Å². The lowest BCUT2D eigenvalue weighted by molar-refractivity contribution is -0.127. The van der Waals surface area contributed by atoms with Gasteiger partial charge in [0.2, 0.25) is 11.8 Å². The number of amides is 2. The number of nitrogens with two attached hydrogens (primary N) is 4. The number of primary amides is 2. The summed E-state index contributed by atoms with van der Waals surface area (Å²) in [7, 11) is 0. The normalized spacial score (nSPS) is 17.1. The fourth-order valence-electron chi connectivity index (χ4n) is 1.46.